The van der Waals surface area contributed by atoms with Crippen LogP contribution in [0.2, 0.25) is 0 Å². The third-order valence-electron chi connectivity index (χ3n) is 3.49. The van der Waals surface area contributed by atoms with Crippen LogP contribution in [0.4, 0.5) is 5.69 Å². The molecule has 4 heteroatoms. The first-order valence-corrected chi connectivity index (χ1v) is 6.82. The summed E-state index contributed by atoms with van der Waals surface area (Å²) in [5.41, 5.74) is 4.48. The summed E-state index contributed by atoms with van der Waals surface area (Å²) in [6.07, 6.45) is 4.83. The highest BCUT2D eigenvalue weighted by Gasteiger charge is 2.10. The maximum Gasteiger partial charge on any atom is 0.228 e. The Labute approximate surface area is 118 Å². The van der Waals surface area contributed by atoms with Crippen molar-refractivity contribution < 1.29 is 4.79 Å². The predicted octanol–water partition coefficient (Wildman–Crippen LogP) is 1.91. The largest absolute Gasteiger partial charge is 0.326 e. The second-order valence-corrected chi connectivity index (χ2v) is 4.99. The number of pyridine rings is 1. The minimum Gasteiger partial charge on any atom is -0.326 e. The van der Waals surface area contributed by atoms with Gasteiger partial charge in [0.05, 0.1) is 6.42 Å². The van der Waals surface area contributed by atoms with Crippen molar-refractivity contribution in [1.29, 1.82) is 0 Å². The van der Waals surface area contributed by atoms with E-state index >= 15 is 0 Å². The van der Waals surface area contributed by atoms with E-state index in [2.05, 4.69) is 27.8 Å². The fourth-order valence-corrected chi connectivity index (χ4v) is 2.45. The number of rotatable bonds is 3. The van der Waals surface area contributed by atoms with Gasteiger partial charge in [0.2, 0.25) is 5.91 Å². The van der Waals surface area contributed by atoms with Gasteiger partial charge in [0.25, 0.3) is 0 Å². The summed E-state index contributed by atoms with van der Waals surface area (Å²) in [7, 11) is 0. The monoisotopic (exact) mass is 267 g/mol. The highest BCUT2D eigenvalue weighted by atomic mass is 16.1. The average Bonchev–Trinajstić information content (AvgIpc) is 2.48. The number of hydrogen-bond donors (Lipinski definition) is 2. The number of hydrogen-bond acceptors (Lipinski definition) is 3. The zero-order chi connectivity index (χ0) is 13.8. The molecule has 20 heavy (non-hydrogen) atoms. The van der Waals surface area contributed by atoms with Gasteiger partial charge in [-0.2, -0.15) is 0 Å². The normalized spacial score (nSPS) is 13.6. The lowest BCUT2D eigenvalue weighted by molar-refractivity contribution is -0.115. The Morgan fingerprint density at radius 2 is 2.05 bits per heavy atom. The predicted molar refractivity (Wildman–Crippen MR) is 78.4 cm³/mol. The second-order valence-electron chi connectivity index (χ2n) is 4.99. The lowest BCUT2D eigenvalue weighted by Crippen LogP contribution is -2.24. The van der Waals surface area contributed by atoms with Crippen molar-refractivity contribution in [3.8, 4) is 0 Å². The molecule has 0 radical (unpaired) electrons. The first-order valence-electron chi connectivity index (χ1n) is 6.82. The number of nitrogens with zero attached hydrogens (tertiary/aromatic N) is 1. The molecule has 1 aliphatic heterocycles. The van der Waals surface area contributed by atoms with Crippen molar-refractivity contribution in [2.24, 2.45) is 0 Å². The van der Waals surface area contributed by atoms with Crippen LogP contribution in [0, 0.1) is 0 Å². The van der Waals surface area contributed by atoms with Crippen molar-refractivity contribution in [1.82, 2.24) is 10.3 Å². The average molecular weight is 267 g/mol. The van der Waals surface area contributed by atoms with Crippen LogP contribution in [0.3, 0.4) is 0 Å². The van der Waals surface area contributed by atoms with Crippen molar-refractivity contribution in [3.05, 3.63) is 59.4 Å². The van der Waals surface area contributed by atoms with E-state index in [0.29, 0.717) is 6.42 Å². The third-order valence-corrected chi connectivity index (χ3v) is 3.49. The number of amides is 1. The second kappa shape index (κ2) is 5.84. The molecule has 2 heterocycles. The molecule has 0 bridgehead atoms. The van der Waals surface area contributed by atoms with E-state index in [1.807, 2.05) is 18.2 Å². The van der Waals surface area contributed by atoms with Crippen LogP contribution in [-0.4, -0.2) is 17.4 Å². The van der Waals surface area contributed by atoms with E-state index in [1.54, 1.807) is 12.4 Å². The van der Waals surface area contributed by atoms with Gasteiger partial charge in [-0.25, -0.2) is 0 Å². The number of nitrogens with one attached hydrogen (secondary N) is 2. The molecule has 1 aromatic heterocycles. The van der Waals surface area contributed by atoms with Crippen molar-refractivity contribution >= 4 is 11.6 Å². The zero-order valence-electron chi connectivity index (χ0n) is 11.2. The molecule has 0 saturated heterocycles. The maximum atomic E-state index is 12.0. The van der Waals surface area contributed by atoms with Crippen LogP contribution >= 0.6 is 0 Å². The molecular weight excluding hydrogens is 250 g/mol. The lowest BCUT2D eigenvalue weighted by atomic mass is 10.0. The molecule has 1 amide bonds. The van der Waals surface area contributed by atoms with Gasteiger partial charge >= 0.3 is 0 Å². The van der Waals surface area contributed by atoms with E-state index in [1.165, 1.54) is 11.1 Å². The highest BCUT2D eigenvalue weighted by molar-refractivity contribution is 5.92. The maximum absolute atomic E-state index is 12.0. The third kappa shape index (κ3) is 3.03. The molecule has 0 atom stereocenters. The van der Waals surface area contributed by atoms with Gasteiger partial charge in [-0.05, 0) is 53.9 Å². The Morgan fingerprint density at radius 1 is 1.20 bits per heavy atom. The number of anilines is 1. The summed E-state index contributed by atoms with van der Waals surface area (Å²) in [4.78, 5) is 15.9. The first-order chi connectivity index (χ1) is 9.81. The van der Waals surface area contributed by atoms with Gasteiger partial charge in [0.15, 0.2) is 0 Å². The molecule has 0 saturated carbocycles. The van der Waals surface area contributed by atoms with Crippen LogP contribution < -0.4 is 10.6 Å². The molecular formula is C16H17N3O. The van der Waals surface area contributed by atoms with Crippen LogP contribution in [0.1, 0.15) is 16.7 Å². The quantitative estimate of drug-likeness (QED) is 0.893. The topological polar surface area (TPSA) is 54.0 Å². The van der Waals surface area contributed by atoms with E-state index in [4.69, 9.17) is 0 Å². The smallest absolute Gasteiger partial charge is 0.228 e. The number of carbonyl (C=O) groups is 1. The molecule has 1 aliphatic rings. The van der Waals surface area contributed by atoms with Gasteiger partial charge in [-0.3, -0.25) is 9.78 Å². The number of fused-ring (bicyclic) bond motifs is 1. The standard InChI is InChI=1S/C16H17N3O/c20-16(9-12-3-6-17-7-4-12)19-15-2-1-13-5-8-18-11-14(13)10-15/h1-4,6-7,10,18H,5,8-9,11H2,(H,19,20). The molecule has 0 unspecified atom stereocenters. The summed E-state index contributed by atoms with van der Waals surface area (Å²) in [5.74, 6) is -0.0000753. The van der Waals surface area contributed by atoms with E-state index in [9.17, 15) is 4.79 Å². The summed E-state index contributed by atoms with van der Waals surface area (Å²) in [6, 6.07) is 9.87. The highest BCUT2D eigenvalue weighted by Crippen LogP contribution is 2.19. The summed E-state index contributed by atoms with van der Waals surface area (Å²) >= 11 is 0. The summed E-state index contributed by atoms with van der Waals surface area (Å²) in [6.45, 7) is 1.91. The fourth-order valence-electron chi connectivity index (χ4n) is 2.45. The van der Waals surface area contributed by atoms with Gasteiger partial charge in [-0.15, -0.1) is 0 Å². The molecule has 3 rings (SSSR count). The Balaban J connectivity index is 1.67. The number of aromatic nitrogens is 1. The zero-order valence-corrected chi connectivity index (χ0v) is 11.2. The molecule has 1 aromatic carbocycles. The molecule has 2 N–H and O–H groups in total. The van der Waals surface area contributed by atoms with Crippen LogP contribution in [-0.2, 0) is 24.2 Å². The van der Waals surface area contributed by atoms with E-state index < -0.39 is 0 Å². The Hall–Kier alpha value is -2.20. The van der Waals surface area contributed by atoms with Crippen LogP contribution in [0.5, 0.6) is 0 Å². The lowest BCUT2D eigenvalue weighted by Gasteiger charge is -2.18. The van der Waals surface area contributed by atoms with Gasteiger partial charge in [0.1, 0.15) is 0 Å². The fraction of sp³-hybridized carbons (Fsp3) is 0.250. The first kappa shape index (κ1) is 12.8. The number of carbonyl (C=O) groups excluding carboxylic acids is 1. The van der Waals surface area contributed by atoms with Crippen molar-refractivity contribution in [2.75, 3.05) is 11.9 Å². The summed E-state index contributed by atoms with van der Waals surface area (Å²) < 4.78 is 0. The van der Waals surface area contributed by atoms with Gasteiger partial charge in [0, 0.05) is 24.6 Å². The van der Waals surface area contributed by atoms with Gasteiger partial charge < -0.3 is 10.6 Å². The van der Waals surface area contributed by atoms with E-state index in [-0.39, 0.29) is 5.91 Å². The molecule has 0 spiro atoms. The summed E-state index contributed by atoms with van der Waals surface area (Å²) in [5, 5.41) is 6.30. The van der Waals surface area contributed by atoms with Crippen molar-refractivity contribution in [2.45, 2.75) is 19.4 Å². The Bertz CT molecular complexity index is 610. The van der Waals surface area contributed by atoms with Crippen LogP contribution in [0.15, 0.2) is 42.7 Å². The molecule has 0 aliphatic carbocycles. The molecule has 2 aromatic rings. The number of benzene rings is 1. The molecule has 4 nitrogen and oxygen atoms in total. The molecule has 102 valence electrons. The Morgan fingerprint density at radius 3 is 2.90 bits per heavy atom. The molecule has 0 fully saturated rings. The Kier molecular flexibility index (Phi) is 3.74. The van der Waals surface area contributed by atoms with Crippen molar-refractivity contribution in [3.63, 3.8) is 0 Å². The minimum atomic E-state index is -0.0000753. The minimum absolute atomic E-state index is 0.0000753. The van der Waals surface area contributed by atoms with E-state index in [0.717, 1.165) is 30.8 Å². The van der Waals surface area contributed by atoms with Crippen LogP contribution in [0.25, 0.3) is 0 Å². The van der Waals surface area contributed by atoms with Gasteiger partial charge in [-0.1, -0.05) is 6.07 Å². The SMILES string of the molecule is O=C(Cc1ccncc1)Nc1ccc2c(c1)CNCC2.